The maximum Gasteiger partial charge on any atom is 0.257 e. The summed E-state index contributed by atoms with van der Waals surface area (Å²) in [4.78, 5) is 13.5. The summed E-state index contributed by atoms with van der Waals surface area (Å²) < 4.78 is 45.5. The van der Waals surface area contributed by atoms with Crippen molar-refractivity contribution in [3.63, 3.8) is 0 Å². The van der Waals surface area contributed by atoms with E-state index < -0.39 is 40.8 Å². The molecule has 0 saturated carbocycles. The van der Waals surface area contributed by atoms with Crippen molar-refractivity contribution >= 4 is 17.5 Å². The molecule has 21 heavy (non-hydrogen) atoms. The van der Waals surface area contributed by atoms with Crippen LogP contribution in [-0.4, -0.2) is 47.1 Å². The van der Waals surface area contributed by atoms with Gasteiger partial charge in [0.15, 0.2) is 17.4 Å². The number of hydrogen-bond acceptors (Lipinski definition) is 3. The summed E-state index contributed by atoms with van der Waals surface area (Å²) in [5.74, 6) is -6.92. The minimum atomic E-state index is -1.72. The molecule has 1 saturated heterocycles. The third kappa shape index (κ3) is 3.08. The summed E-state index contributed by atoms with van der Waals surface area (Å²) in [5.41, 5.74) is -0.728. The highest BCUT2D eigenvalue weighted by molar-refractivity contribution is 6.18. The second-order valence-electron chi connectivity index (χ2n) is 4.82. The van der Waals surface area contributed by atoms with Gasteiger partial charge in [-0.3, -0.25) is 4.79 Å². The van der Waals surface area contributed by atoms with Gasteiger partial charge in [-0.2, -0.15) is 4.39 Å². The Morgan fingerprint density at radius 3 is 2.71 bits per heavy atom. The van der Waals surface area contributed by atoms with Crippen LogP contribution in [0.25, 0.3) is 0 Å². The number of aromatic hydroxyl groups is 1. The van der Waals surface area contributed by atoms with Gasteiger partial charge in [-0.25, -0.2) is 8.78 Å². The van der Waals surface area contributed by atoms with Crippen LogP contribution >= 0.6 is 11.6 Å². The predicted octanol–water partition coefficient (Wildman–Crippen LogP) is 2.28. The minimum Gasteiger partial charge on any atom is -0.503 e. The quantitative estimate of drug-likeness (QED) is 0.671. The summed E-state index contributed by atoms with van der Waals surface area (Å²) in [5, 5.41) is 9.16. The lowest BCUT2D eigenvalue weighted by molar-refractivity contribution is -0.0571. The van der Waals surface area contributed by atoms with Gasteiger partial charge in [0.1, 0.15) is 0 Å². The molecule has 0 bridgehead atoms. The lowest BCUT2D eigenvalue weighted by atomic mass is 10.1. The van der Waals surface area contributed by atoms with Crippen molar-refractivity contribution in [2.24, 2.45) is 0 Å². The molecule has 1 fully saturated rings. The highest BCUT2D eigenvalue weighted by atomic mass is 35.5. The van der Waals surface area contributed by atoms with Crippen molar-refractivity contribution in [2.45, 2.75) is 19.1 Å². The summed E-state index contributed by atoms with van der Waals surface area (Å²) in [6.45, 7) is 1.97. The fraction of sp³-hybridized carbons (Fsp3) is 0.462. The number of carbonyl (C=O) groups is 1. The third-order valence-electron chi connectivity index (χ3n) is 3.15. The molecule has 1 aromatic rings. The van der Waals surface area contributed by atoms with Crippen molar-refractivity contribution in [3.8, 4) is 5.75 Å². The second kappa shape index (κ2) is 6.11. The Kier molecular flexibility index (Phi) is 4.63. The molecule has 2 unspecified atom stereocenters. The highest BCUT2D eigenvalue weighted by Crippen LogP contribution is 2.27. The third-order valence-corrected chi connectivity index (χ3v) is 3.49. The normalized spacial score (nSPS) is 22.4. The fourth-order valence-electron chi connectivity index (χ4n) is 2.21. The molecule has 1 amide bonds. The van der Waals surface area contributed by atoms with E-state index in [1.165, 1.54) is 4.90 Å². The number of hydrogen-bond donors (Lipinski definition) is 1. The average molecular weight is 324 g/mol. The van der Waals surface area contributed by atoms with Gasteiger partial charge >= 0.3 is 0 Å². The maximum absolute atomic E-state index is 13.8. The van der Waals surface area contributed by atoms with Crippen LogP contribution in [0.15, 0.2) is 6.07 Å². The predicted molar refractivity (Wildman–Crippen MR) is 68.9 cm³/mol. The number of nitrogens with zero attached hydrogens (tertiary/aromatic N) is 1. The van der Waals surface area contributed by atoms with Gasteiger partial charge in [0.25, 0.3) is 5.91 Å². The molecule has 8 heteroatoms. The van der Waals surface area contributed by atoms with E-state index in [1.54, 1.807) is 6.92 Å². The molecule has 0 radical (unpaired) electrons. The lowest BCUT2D eigenvalue weighted by Gasteiger charge is -2.36. The SMILES string of the molecule is CC1CN(C(=O)c2cc(F)c(F)c(O)c2F)CC(CCl)O1. The molecule has 0 aromatic heterocycles. The van der Waals surface area contributed by atoms with E-state index in [4.69, 9.17) is 21.4 Å². The summed E-state index contributed by atoms with van der Waals surface area (Å²) in [6.07, 6.45) is -0.755. The molecule has 116 valence electrons. The van der Waals surface area contributed by atoms with Crippen LogP contribution in [0.4, 0.5) is 13.2 Å². The van der Waals surface area contributed by atoms with Crippen molar-refractivity contribution in [2.75, 3.05) is 19.0 Å². The van der Waals surface area contributed by atoms with Gasteiger partial charge in [0.05, 0.1) is 23.7 Å². The van der Waals surface area contributed by atoms with Crippen LogP contribution in [0.1, 0.15) is 17.3 Å². The molecule has 2 atom stereocenters. The molecule has 1 N–H and O–H groups in total. The van der Waals surface area contributed by atoms with Gasteiger partial charge in [0.2, 0.25) is 5.82 Å². The number of benzene rings is 1. The zero-order valence-corrected chi connectivity index (χ0v) is 11.8. The van der Waals surface area contributed by atoms with Crippen molar-refractivity contribution < 1.29 is 27.8 Å². The first-order chi connectivity index (χ1) is 9.85. The zero-order valence-electron chi connectivity index (χ0n) is 11.1. The second-order valence-corrected chi connectivity index (χ2v) is 5.12. The Morgan fingerprint density at radius 1 is 1.43 bits per heavy atom. The Bertz CT molecular complexity index is 570. The Hall–Kier alpha value is -1.47. The molecule has 1 aliphatic rings. The van der Waals surface area contributed by atoms with E-state index in [0.717, 1.165) is 0 Å². The van der Waals surface area contributed by atoms with Gasteiger partial charge in [-0.1, -0.05) is 0 Å². The molecule has 1 aromatic carbocycles. The number of rotatable bonds is 2. The Balaban J connectivity index is 2.32. The first kappa shape index (κ1) is 15.9. The molecular formula is C13H13ClF3NO3. The molecule has 0 aliphatic carbocycles. The van der Waals surface area contributed by atoms with Gasteiger partial charge < -0.3 is 14.7 Å². The van der Waals surface area contributed by atoms with E-state index in [2.05, 4.69) is 0 Å². The molecule has 1 heterocycles. The molecule has 1 aliphatic heterocycles. The van der Waals surface area contributed by atoms with Crippen molar-refractivity contribution in [3.05, 3.63) is 29.1 Å². The van der Waals surface area contributed by atoms with Crippen LogP contribution in [0, 0.1) is 17.5 Å². The Labute approximate surface area is 124 Å². The van der Waals surface area contributed by atoms with Gasteiger partial charge in [-0.15, -0.1) is 11.6 Å². The van der Waals surface area contributed by atoms with Crippen LogP contribution in [0.2, 0.25) is 0 Å². The minimum absolute atomic E-state index is 0.103. The van der Waals surface area contributed by atoms with Crippen LogP contribution in [0.5, 0.6) is 5.75 Å². The first-order valence-corrected chi connectivity index (χ1v) is 6.75. The topological polar surface area (TPSA) is 49.8 Å². The largest absolute Gasteiger partial charge is 0.503 e. The van der Waals surface area contributed by atoms with E-state index in [-0.39, 0.29) is 25.1 Å². The smallest absolute Gasteiger partial charge is 0.257 e. The number of ether oxygens (including phenoxy) is 1. The standard InChI is InChI=1S/C13H13ClF3NO3/c1-6-4-18(5-7(3-14)21-6)13(20)8-2-9(15)11(17)12(19)10(8)16/h2,6-7,19H,3-5H2,1H3. The van der Waals surface area contributed by atoms with Crippen molar-refractivity contribution in [1.29, 1.82) is 0 Å². The van der Waals surface area contributed by atoms with E-state index in [1.807, 2.05) is 0 Å². The van der Waals surface area contributed by atoms with Crippen LogP contribution in [-0.2, 0) is 4.74 Å². The van der Waals surface area contributed by atoms with Crippen molar-refractivity contribution in [1.82, 2.24) is 4.90 Å². The summed E-state index contributed by atoms with van der Waals surface area (Å²) in [7, 11) is 0. The van der Waals surface area contributed by atoms with Gasteiger partial charge in [-0.05, 0) is 13.0 Å². The molecule has 2 rings (SSSR count). The lowest BCUT2D eigenvalue weighted by Crippen LogP contribution is -2.50. The number of halogens is 4. The number of morpholine rings is 1. The van der Waals surface area contributed by atoms with Gasteiger partial charge in [0, 0.05) is 13.1 Å². The molecule has 4 nitrogen and oxygen atoms in total. The first-order valence-electron chi connectivity index (χ1n) is 6.22. The van der Waals surface area contributed by atoms with E-state index in [9.17, 15) is 18.0 Å². The van der Waals surface area contributed by atoms with E-state index >= 15 is 0 Å². The summed E-state index contributed by atoms with van der Waals surface area (Å²) >= 11 is 5.68. The number of carbonyl (C=O) groups excluding carboxylic acids is 1. The number of phenolic OH excluding ortho intramolecular Hbond substituents is 1. The Morgan fingerprint density at radius 2 is 2.10 bits per heavy atom. The van der Waals surface area contributed by atoms with Crippen LogP contribution in [0.3, 0.4) is 0 Å². The average Bonchev–Trinajstić information content (AvgIpc) is 2.47. The number of alkyl halides is 1. The molecule has 0 spiro atoms. The highest BCUT2D eigenvalue weighted by Gasteiger charge is 2.31. The number of amides is 1. The molecular weight excluding hydrogens is 311 g/mol. The van der Waals surface area contributed by atoms with Crippen LogP contribution < -0.4 is 0 Å². The van der Waals surface area contributed by atoms with E-state index in [0.29, 0.717) is 6.07 Å². The maximum atomic E-state index is 13.8. The monoisotopic (exact) mass is 323 g/mol. The number of phenols is 1. The fourth-order valence-corrected chi connectivity index (χ4v) is 2.38. The zero-order chi connectivity index (χ0) is 15.7. The summed E-state index contributed by atoms with van der Waals surface area (Å²) in [6, 6.07) is 0.433.